The number of benzene rings is 2. The molecule has 0 bridgehead atoms. The predicted octanol–water partition coefficient (Wildman–Crippen LogP) is 4.56. The van der Waals surface area contributed by atoms with Crippen molar-refractivity contribution in [3.05, 3.63) is 67.3 Å². The number of nitrogens with zero attached hydrogens (tertiary/aromatic N) is 4. The van der Waals surface area contributed by atoms with E-state index in [0.29, 0.717) is 40.9 Å². The number of sulfonamides is 2. The van der Waals surface area contributed by atoms with Gasteiger partial charge in [-0.15, -0.1) is 6.58 Å². The molecule has 2 saturated carbocycles. The van der Waals surface area contributed by atoms with Crippen LogP contribution in [0.25, 0.3) is 22.2 Å². The van der Waals surface area contributed by atoms with Crippen LogP contribution in [0.1, 0.15) is 66.2 Å². The van der Waals surface area contributed by atoms with E-state index < -0.39 is 77.7 Å². The first-order valence-electron chi connectivity index (χ1n) is 21.3. The average molecular weight is 892 g/mol. The summed E-state index contributed by atoms with van der Waals surface area (Å²) in [7, 11) is -5.76. The largest absolute Gasteiger partial charge is 0.497 e. The summed E-state index contributed by atoms with van der Waals surface area (Å²) in [5, 5.41) is 0.0430. The number of likely N-dealkylation sites (tertiary alicyclic amines) is 1. The lowest BCUT2D eigenvalue weighted by atomic mass is 9.77. The molecule has 3 heterocycles. The van der Waals surface area contributed by atoms with E-state index in [0.717, 1.165) is 5.56 Å². The molecule has 3 aromatic rings. The van der Waals surface area contributed by atoms with Crippen LogP contribution in [0, 0.1) is 22.7 Å². The fourth-order valence-electron chi connectivity index (χ4n) is 8.74. The molecule has 1 aromatic heterocycles. The van der Waals surface area contributed by atoms with Crippen LogP contribution in [0.2, 0.25) is 0 Å². The Morgan fingerprint density at radius 3 is 2.29 bits per heavy atom. The number of Topliss-reactive ketones (excluding diaryl/α,β-unsaturated/α-hetero) is 1. The van der Waals surface area contributed by atoms with E-state index in [1.807, 2.05) is 63.2 Å². The molecular weight excluding hydrogens is 835 g/mol. The van der Waals surface area contributed by atoms with E-state index in [4.69, 9.17) is 14.5 Å². The van der Waals surface area contributed by atoms with Crippen molar-refractivity contribution in [3.63, 3.8) is 0 Å². The van der Waals surface area contributed by atoms with Crippen LogP contribution in [0.4, 0.5) is 0 Å². The van der Waals surface area contributed by atoms with Crippen molar-refractivity contribution in [2.24, 2.45) is 22.7 Å². The van der Waals surface area contributed by atoms with Crippen LogP contribution < -0.4 is 14.2 Å². The Bertz CT molecular complexity index is 2460. The number of fused-ring (bicyclic) bond motifs is 1. The number of nitrogens with one attached hydrogen (secondary N) is 1. The summed E-state index contributed by atoms with van der Waals surface area (Å²) in [6.45, 7) is 11.7. The number of pyridine rings is 1. The molecule has 17 heteroatoms. The fourth-order valence-corrected chi connectivity index (χ4v) is 11.2. The SMILES string of the molecule is C=C[C@@H]1C[C@]1(CC(=O)[C@@H]1C[C@@H](Oc2cc(-c3ccccc3)nc3cc(OC)ccc23)CN1C(=O)[C@@H](CC(=O)N1CCN(S(=O)(=O)CC)CC1)C(C)(C)C)C(=O)NS(=O)(=O)C1CC1. The molecule has 7 rings (SSSR count). The lowest BCUT2D eigenvalue weighted by Gasteiger charge is -2.38. The van der Waals surface area contributed by atoms with Crippen molar-refractivity contribution < 1.29 is 45.5 Å². The number of ether oxygens (including phenoxy) is 2. The molecule has 0 radical (unpaired) electrons. The minimum absolute atomic E-state index is 0.00958. The Balaban J connectivity index is 1.19. The van der Waals surface area contributed by atoms with Crippen LogP contribution >= 0.6 is 0 Å². The smallest absolute Gasteiger partial charge is 0.240 e. The zero-order valence-electron chi connectivity index (χ0n) is 36.0. The first-order chi connectivity index (χ1) is 29.3. The average Bonchev–Trinajstić information content (AvgIpc) is 4.18. The van der Waals surface area contributed by atoms with Crippen molar-refractivity contribution in [2.45, 2.75) is 83.6 Å². The van der Waals surface area contributed by atoms with E-state index in [1.165, 1.54) is 9.21 Å². The minimum Gasteiger partial charge on any atom is -0.497 e. The number of amides is 3. The number of methoxy groups -OCH3 is 1. The van der Waals surface area contributed by atoms with Gasteiger partial charge in [-0.1, -0.05) is 57.2 Å². The summed E-state index contributed by atoms with van der Waals surface area (Å²) in [5.41, 5.74) is -0.000434. The van der Waals surface area contributed by atoms with Gasteiger partial charge in [0.2, 0.25) is 37.8 Å². The van der Waals surface area contributed by atoms with Crippen molar-refractivity contribution in [2.75, 3.05) is 45.6 Å². The van der Waals surface area contributed by atoms with E-state index >= 15 is 4.79 Å². The van der Waals surface area contributed by atoms with Crippen LogP contribution in [0.5, 0.6) is 11.5 Å². The lowest BCUT2D eigenvalue weighted by molar-refractivity contribution is -0.148. The van der Waals surface area contributed by atoms with Crippen LogP contribution in [-0.4, -0.2) is 122 Å². The van der Waals surface area contributed by atoms with E-state index in [1.54, 1.807) is 37.1 Å². The first-order valence-corrected chi connectivity index (χ1v) is 24.4. The summed E-state index contributed by atoms with van der Waals surface area (Å²) in [5.74, 6) is -2.19. The summed E-state index contributed by atoms with van der Waals surface area (Å²) in [6.07, 6.45) is 1.58. The Hall–Kier alpha value is -4.87. The topological polar surface area (TPSA) is 190 Å². The number of piperazine rings is 1. The van der Waals surface area contributed by atoms with Gasteiger partial charge < -0.3 is 19.3 Å². The standard InChI is InChI=1S/C45H57N5O10S2/c1-7-30-26-45(30,43(54)47-62(57,58)33-15-16-33)27-39(51)38-23-32(60-40-25-36(29-12-10-9-11-13-29)46-37-22-31(59-6)14-17-34(37)40)28-50(38)42(53)35(44(3,4)5)24-41(52)48-18-20-49(21-19-48)61(55,56)8-2/h7,9-14,17,22,25,30,32-33,35,38H,1,8,15-16,18-21,23-24,26-28H2,2-6H3,(H,47,54)/t30-,32-,35-,38+,45-/m1/s1. The fraction of sp³-hybridized carbons (Fsp3) is 0.533. The second kappa shape index (κ2) is 17.4. The Morgan fingerprint density at radius 2 is 1.69 bits per heavy atom. The number of rotatable bonds is 16. The molecule has 0 spiro atoms. The molecule has 62 heavy (non-hydrogen) atoms. The molecule has 2 aliphatic carbocycles. The molecule has 2 saturated heterocycles. The molecule has 15 nitrogen and oxygen atoms in total. The number of hydrogen-bond donors (Lipinski definition) is 1. The van der Waals surface area contributed by atoms with Gasteiger partial charge >= 0.3 is 0 Å². The van der Waals surface area contributed by atoms with Crippen molar-refractivity contribution in [1.82, 2.24) is 23.8 Å². The number of carbonyl (C=O) groups is 4. The number of ketones is 1. The monoisotopic (exact) mass is 891 g/mol. The molecule has 1 N–H and O–H groups in total. The highest BCUT2D eigenvalue weighted by atomic mass is 32.2. The molecule has 4 fully saturated rings. The van der Waals surface area contributed by atoms with Crippen molar-refractivity contribution >= 4 is 54.5 Å². The lowest BCUT2D eigenvalue weighted by Crippen LogP contribution is -2.53. The first kappa shape index (κ1) is 45.2. The minimum atomic E-state index is -3.90. The molecule has 4 aliphatic rings. The third kappa shape index (κ3) is 9.39. The van der Waals surface area contributed by atoms with Crippen LogP contribution in [0.3, 0.4) is 0 Å². The van der Waals surface area contributed by atoms with Crippen molar-refractivity contribution in [1.29, 1.82) is 0 Å². The van der Waals surface area contributed by atoms with E-state index in [9.17, 15) is 31.2 Å². The second-order valence-corrected chi connectivity index (χ2v) is 22.3. The molecule has 3 amide bonds. The van der Waals surface area contributed by atoms with E-state index in [-0.39, 0.29) is 70.1 Å². The Kier molecular flexibility index (Phi) is 12.6. The Labute approximate surface area is 364 Å². The maximum absolute atomic E-state index is 15.0. The molecule has 2 aliphatic heterocycles. The zero-order valence-corrected chi connectivity index (χ0v) is 37.7. The summed E-state index contributed by atoms with van der Waals surface area (Å²) in [6, 6.07) is 15.8. The van der Waals surface area contributed by atoms with Gasteiger partial charge in [0.25, 0.3) is 0 Å². The Morgan fingerprint density at radius 1 is 1.00 bits per heavy atom. The van der Waals surface area contributed by atoms with Gasteiger partial charge in [-0.3, -0.25) is 23.9 Å². The number of hydrogen-bond acceptors (Lipinski definition) is 11. The van der Waals surface area contributed by atoms with Gasteiger partial charge in [0.05, 0.1) is 53.2 Å². The molecule has 0 unspecified atom stereocenters. The summed E-state index contributed by atoms with van der Waals surface area (Å²) in [4.78, 5) is 65.4. The van der Waals surface area contributed by atoms with E-state index in [2.05, 4.69) is 11.3 Å². The zero-order chi connectivity index (χ0) is 44.8. The maximum atomic E-state index is 15.0. The molecular formula is C45H57N5O10S2. The highest BCUT2D eigenvalue weighted by Gasteiger charge is 2.61. The molecule has 334 valence electrons. The third-order valence-electron chi connectivity index (χ3n) is 12.9. The van der Waals surface area contributed by atoms with Crippen LogP contribution in [-0.2, 0) is 39.2 Å². The maximum Gasteiger partial charge on any atom is 0.240 e. The normalized spacial score (nSPS) is 23.7. The van der Waals surface area contributed by atoms with Gasteiger partial charge in [0.1, 0.15) is 17.6 Å². The van der Waals surface area contributed by atoms with Crippen molar-refractivity contribution in [3.8, 4) is 22.8 Å². The number of aromatic nitrogens is 1. The predicted molar refractivity (Wildman–Crippen MR) is 234 cm³/mol. The van der Waals surface area contributed by atoms with Gasteiger partial charge in [0, 0.05) is 68.5 Å². The summed E-state index contributed by atoms with van der Waals surface area (Å²) < 4.78 is 66.6. The van der Waals surface area contributed by atoms with Gasteiger partial charge in [-0.05, 0) is 49.7 Å². The highest BCUT2D eigenvalue weighted by Crippen LogP contribution is 2.57. The quantitative estimate of drug-likeness (QED) is 0.199. The second-order valence-electron chi connectivity index (χ2n) is 18.1. The van der Waals surface area contributed by atoms with Gasteiger partial charge in [-0.2, -0.15) is 4.31 Å². The van der Waals surface area contributed by atoms with Crippen LogP contribution in [0.15, 0.2) is 67.3 Å². The van der Waals surface area contributed by atoms with Gasteiger partial charge in [-0.25, -0.2) is 21.8 Å². The number of allylic oxidation sites excluding steroid dienone is 1. The highest BCUT2D eigenvalue weighted by molar-refractivity contribution is 7.91. The number of carbonyl (C=O) groups excluding carboxylic acids is 4. The summed E-state index contributed by atoms with van der Waals surface area (Å²) >= 11 is 0. The third-order valence-corrected chi connectivity index (χ3v) is 16.6. The van der Waals surface area contributed by atoms with Gasteiger partial charge in [0.15, 0.2) is 5.78 Å². The molecule has 5 atom stereocenters. The molecule has 2 aromatic carbocycles.